The van der Waals surface area contributed by atoms with Crippen LogP contribution >= 0.6 is 11.6 Å². The summed E-state index contributed by atoms with van der Waals surface area (Å²) in [4.78, 5) is 11.3. The maximum Gasteiger partial charge on any atom is 0.341 e. The first-order chi connectivity index (χ1) is 7.13. The van der Waals surface area contributed by atoms with Gasteiger partial charge in [-0.1, -0.05) is 0 Å². The number of esters is 1. The summed E-state index contributed by atoms with van der Waals surface area (Å²) in [5.74, 6) is -0.972. The minimum Gasteiger partial charge on any atom is -0.496 e. The Labute approximate surface area is 91.7 Å². The number of hydrogen-bond acceptors (Lipinski definition) is 3. The zero-order valence-corrected chi connectivity index (χ0v) is 9.10. The van der Waals surface area contributed by atoms with Gasteiger partial charge in [-0.3, -0.25) is 0 Å². The van der Waals surface area contributed by atoms with Gasteiger partial charge in [0.2, 0.25) is 0 Å². The van der Waals surface area contributed by atoms with E-state index < -0.39 is 11.8 Å². The second kappa shape index (κ2) is 4.98. The van der Waals surface area contributed by atoms with Gasteiger partial charge in [0, 0.05) is 11.6 Å². The van der Waals surface area contributed by atoms with E-state index in [1.54, 1.807) is 0 Å². The molecule has 0 bridgehead atoms. The first kappa shape index (κ1) is 11.8. The monoisotopic (exact) mass is 232 g/mol. The lowest BCUT2D eigenvalue weighted by molar-refractivity contribution is 0.0597. The van der Waals surface area contributed by atoms with Crippen molar-refractivity contribution in [1.29, 1.82) is 0 Å². The highest BCUT2D eigenvalue weighted by Crippen LogP contribution is 2.24. The summed E-state index contributed by atoms with van der Waals surface area (Å²) in [5, 5.41) is 0. The highest BCUT2D eigenvalue weighted by molar-refractivity contribution is 6.17. The molecule has 0 aliphatic heterocycles. The summed E-state index contributed by atoms with van der Waals surface area (Å²) >= 11 is 5.51. The molecule has 0 radical (unpaired) electrons. The van der Waals surface area contributed by atoms with Gasteiger partial charge in [0.25, 0.3) is 0 Å². The summed E-state index contributed by atoms with van der Waals surface area (Å²) in [5.41, 5.74) is 0.398. The fourth-order valence-electron chi connectivity index (χ4n) is 1.14. The third-order valence-corrected chi connectivity index (χ3v) is 2.21. The second-order valence-corrected chi connectivity index (χ2v) is 3.04. The molecule has 0 aliphatic carbocycles. The molecule has 0 unspecified atom stereocenters. The predicted molar refractivity (Wildman–Crippen MR) is 53.8 cm³/mol. The van der Waals surface area contributed by atoms with Crippen molar-refractivity contribution in [3.05, 3.63) is 29.1 Å². The van der Waals surface area contributed by atoms with Crippen LogP contribution in [-0.2, 0) is 10.6 Å². The number of methoxy groups -OCH3 is 2. The van der Waals surface area contributed by atoms with E-state index in [0.29, 0.717) is 0 Å². The highest BCUT2D eigenvalue weighted by Gasteiger charge is 2.16. The van der Waals surface area contributed by atoms with Crippen molar-refractivity contribution < 1.29 is 18.7 Å². The lowest BCUT2D eigenvalue weighted by Crippen LogP contribution is -2.06. The summed E-state index contributed by atoms with van der Waals surface area (Å²) in [6, 6.07) is 2.44. The van der Waals surface area contributed by atoms with E-state index in [2.05, 4.69) is 4.74 Å². The maximum absolute atomic E-state index is 13.3. The first-order valence-electron chi connectivity index (χ1n) is 4.14. The van der Waals surface area contributed by atoms with Crippen LogP contribution < -0.4 is 4.74 Å². The standard InChI is InChI=1S/C10H10ClFO3/c1-14-9-4-8(12)6(5-11)3-7(9)10(13)15-2/h3-4H,5H2,1-2H3. The Morgan fingerprint density at radius 1 is 1.47 bits per heavy atom. The van der Waals surface area contributed by atoms with Crippen LogP contribution in [-0.4, -0.2) is 20.2 Å². The summed E-state index contributed by atoms with van der Waals surface area (Å²) in [6.45, 7) is 0. The van der Waals surface area contributed by atoms with E-state index in [1.807, 2.05) is 0 Å². The van der Waals surface area contributed by atoms with Crippen molar-refractivity contribution in [2.24, 2.45) is 0 Å². The summed E-state index contributed by atoms with van der Waals surface area (Å²) in [6.07, 6.45) is 0. The molecule has 0 N–H and O–H groups in total. The zero-order chi connectivity index (χ0) is 11.4. The van der Waals surface area contributed by atoms with Crippen LogP contribution in [0.1, 0.15) is 15.9 Å². The van der Waals surface area contributed by atoms with E-state index in [1.165, 1.54) is 20.3 Å². The van der Waals surface area contributed by atoms with Crippen LogP contribution in [0.3, 0.4) is 0 Å². The van der Waals surface area contributed by atoms with E-state index in [-0.39, 0.29) is 22.8 Å². The molecular formula is C10H10ClFO3. The first-order valence-corrected chi connectivity index (χ1v) is 4.68. The Morgan fingerprint density at radius 2 is 2.13 bits per heavy atom. The Hall–Kier alpha value is -1.29. The average molecular weight is 233 g/mol. The topological polar surface area (TPSA) is 35.5 Å². The van der Waals surface area contributed by atoms with Crippen molar-refractivity contribution in [2.45, 2.75) is 5.88 Å². The number of carbonyl (C=O) groups is 1. The van der Waals surface area contributed by atoms with Crippen molar-refractivity contribution >= 4 is 17.6 Å². The SMILES string of the molecule is COC(=O)c1cc(CCl)c(F)cc1OC. The Bertz CT molecular complexity index is 379. The number of alkyl halides is 1. The van der Waals surface area contributed by atoms with Crippen LogP contribution in [0.5, 0.6) is 5.75 Å². The molecular weight excluding hydrogens is 223 g/mol. The van der Waals surface area contributed by atoms with Gasteiger partial charge in [-0.2, -0.15) is 0 Å². The van der Waals surface area contributed by atoms with Gasteiger partial charge in [-0.25, -0.2) is 9.18 Å². The molecule has 0 fully saturated rings. The van der Waals surface area contributed by atoms with Crippen LogP contribution in [0.15, 0.2) is 12.1 Å². The second-order valence-electron chi connectivity index (χ2n) is 2.77. The van der Waals surface area contributed by atoms with Crippen molar-refractivity contribution in [2.75, 3.05) is 14.2 Å². The maximum atomic E-state index is 13.3. The minimum atomic E-state index is -0.585. The Morgan fingerprint density at radius 3 is 2.60 bits per heavy atom. The number of rotatable bonds is 3. The van der Waals surface area contributed by atoms with Gasteiger partial charge in [0.1, 0.15) is 17.1 Å². The van der Waals surface area contributed by atoms with Gasteiger partial charge in [-0.05, 0) is 6.07 Å². The molecule has 1 aromatic rings. The third kappa shape index (κ3) is 2.39. The molecule has 5 heteroatoms. The Balaban J connectivity index is 3.28. The fraction of sp³-hybridized carbons (Fsp3) is 0.300. The van der Waals surface area contributed by atoms with Crippen LogP contribution in [0.2, 0.25) is 0 Å². The zero-order valence-electron chi connectivity index (χ0n) is 8.34. The van der Waals surface area contributed by atoms with E-state index in [0.717, 1.165) is 6.07 Å². The third-order valence-electron chi connectivity index (χ3n) is 1.92. The van der Waals surface area contributed by atoms with Gasteiger partial charge < -0.3 is 9.47 Å². The molecule has 0 saturated carbocycles. The molecule has 82 valence electrons. The normalized spacial score (nSPS) is 9.87. The average Bonchev–Trinajstić information content (AvgIpc) is 2.27. The molecule has 0 saturated heterocycles. The van der Waals surface area contributed by atoms with Gasteiger partial charge in [0.05, 0.1) is 20.1 Å². The van der Waals surface area contributed by atoms with Gasteiger partial charge in [0.15, 0.2) is 0 Å². The van der Waals surface area contributed by atoms with Gasteiger partial charge >= 0.3 is 5.97 Å². The molecule has 3 nitrogen and oxygen atoms in total. The number of halogens is 2. The molecule has 1 aromatic carbocycles. The number of benzene rings is 1. The molecule has 0 aromatic heterocycles. The van der Waals surface area contributed by atoms with Gasteiger partial charge in [-0.15, -0.1) is 11.6 Å². The largest absolute Gasteiger partial charge is 0.496 e. The number of hydrogen-bond donors (Lipinski definition) is 0. The van der Waals surface area contributed by atoms with E-state index in [4.69, 9.17) is 16.3 Å². The summed E-state index contributed by atoms with van der Waals surface area (Å²) in [7, 11) is 2.59. The fourth-order valence-corrected chi connectivity index (χ4v) is 1.35. The minimum absolute atomic E-state index is 0.0141. The molecule has 1 rings (SSSR count). The van der Waals surface area contributed by atoms with Crippen molar-refractivity contribution in [3.63, 3.8) is 0 Å². The smallest absolute Gasteiger partial charge is 0.341 e. The predicted octanol–water partition coefficient (Wildman–Crippen LogP) is 2.36. The highest BCUT2D eigenvalue weighted by atomic mass is 35.5. The molecule has 0 atom stereocenters. The van der Waals surface area contributed by atoms with Crippen molar-refractivity contribution in [1.82, 2.24) is 0 Å². The molecule has 0 heterocycles. The Kier molecular flexibility index (Phi) is 3.91. The number of carbonyl (C=O) groups excluding carboxylic acids is 1. The molecule has 0 aliphatic rings. The quantitative estimate of drug-likeness (QED) is 0.593. The van der Waals surface area contributed by atoms with Crippen LogP contribution in [0.25, 0.3) is 0 Å². The lowest BCUT2D eigenvalue weighted by atomic mass is 10.1. The van der Waals surface area contributed by atoms with Crippen LogP contribution in [0.4, 0.5) is 4.39 Å². The van der Waals surface area contributed by atoms with Crippen molar-refractivity contribution in [3.8, 4) is 5.75 Å². The van der Waals surface area contributed by atoms with Crippen LogP contribution in [0, 0.1) is 5.82 Å². The van der Waals surface area contributed by atoms with E-state index in [9.17, 15) is 9.18 Å². The molecule has 15 heavy (non-hydrogen) atoms. The summed E-state index contributed by atoms with van der Waals surface area (Å²) < 4.78 is 22.7. The molecule has 0 spiro atoms. The molecule has 0 amide bonds. The van der Waals surface area contributed by atoms with E-state index >= 15 is 0 Å². The lowest BCUT2D eigenvalue weighted by Gasteiger charge is -2.08. The number of ether oxygens (including phenoxy) is 2.